The molecule has 0 radical (unpaired) electrons. The Kier molecular flexibility index (Phi) is 4.44. The summed E-state index contributed by atoms with van der Waals surface area (Å²) in [6.07, 6.45) is 11.8. The van der Waals surface area contributed by atoms with Crippen LogP contribution >= 0.6 is 0 Å². The van der Waals surface area contributed by atoms with Gasteiger partial charge in [0.25, 0.3) is 0 Å². The van der Waals surface area contributed by atoms with Gasteiger partial charge >= 0.3 is 0 Å². The highest BCUT2D eigenvalue weighted by molar-refractivity contribution is 4.96. The van der Waals surface area contributed by atoms with E-state index in [0.29, 0.717) is 11.5 Å². The summed E-state index contributed by atoms with van der Waals surface area (Å²) >= 11 is 0. The minimum Gasteiger partial charge on any atom is -0.338 e. The third kappa shape index (κ3) is 2.94. The van der Waals surface area contributed by atoms with Gasteiger partial charge in [-0.2, -0.15) is 0 Å². The van der Waals surface area contributed by atoms with E-state index in [-0.39, 0.29) is 0 Å². The van der Waals surface area contributed by atoms with Gasteiger partial charge in [-0.1, -0.05) is 26.7 Å². The van der Waals surface area contributed by atoms with Crippen LogP contribution in [0.4, 0.5) is 0 Å². The fourth-order valence-corrected chi connectivity index (χ4v) is 3.39. The van der Waals surface area contributed by atoms with E-state index in [2.05, 4.69) is 35.8 Å². The van der Waals surface area contributed by atoms with E-state index in [1.165, 1.54) is 37.9 Å². The van der Waals surface area contributed by atoms with E-state index in [1.807, 2.05) is 12.4 Å². The Morgan fingerprint density at radius 3 is 2.72 bits per heavy atom. The van der Waals surface area contributed by atoms with Crippen molar-refractivity contribution in [2.45, 2.75) is 58.4 Å². The van der Waals surface area contributed by atoms with Gasteiger partial charge in [0.05, 0.1) is 0 Å². The minimum atomic E-state index is 0.501. The molecule has 3 heteroatoms. The van der Waals surface area contributed by atoms with E-state index in [0.717, 1.165) is 13.0 Å². The average molecular weight is 249 g/mol. The van der Waals surface area contributed by atoms with E-state index < -0.39 is 0 Å². The van der Waals surface area contributed by atoms with Gasteiger partial charge in [0.2, 0.25) is 0 Å². The largest absolute Gasteiger partial charge is 0.338 e. The highest BCUT2D eigenvalue weighted by Gasteiger charge is 2.36. The number of imidazole rings is 1. The Hall–Kier alpha value is -0.830. The van der Waals surface area contributed by atoms with Crippen LogP contribution < -0.4 is 5.32 Å². The first-order valence-corrected chi connectivity index (χ1v) is 7.35. The Balaban J connectivity index is 1.96. The number of hydrogen-bond acceptors (Lipinski definition) is 2. The van der Waals surface area contributed by atoms with E-state index in [1.54, 1.807) is 0 Å². The maximum Gasteiger partial charge on any atom is 0.108 e. The number of nitrogens with one attached hydrogen (secondary N) is 1. The topological polar surface area (TPSA) is 29.9 Å². The van der Waals surface area contributed by atoms with Crippen molar-refractivity contribution in [1.82, 2.24) is 14.9 Å². The summed E-state index contributed by atoms with van der Waals surface area (Å²) in [4.78, 5) is 4.43. The van der Waals surface area contributed by atoms with Gasteiger partial charge in [-0.3, -0.25) is 0 Å². The fraction of sp³-hybridized carbons (Fsp3) is 0.800. The predicted octanol–water partition coefficient (Wildman–Crippen LogP) is 2.91. The molecule has 0 spiro atoms. The maximum atomic E-state index is 4.43. The Bertz CT molecular complexity index is 364. The summed E-state index contributed by atoms with van der Waals surface area (Å²) in [6.45, 7) is 5.75. The first-order chi connectivity index (χ1) is 8.65. The highest BCUT2D eigenvalue weighted by Crippen LogP contribution is 2.41. The number of aryl methyl sites for hydroxylation is 2. The normalized spacial score (nSPS) is 20.2. The lowest BCUT2D eigenvalue weighted by molar-refractivity contribution is 0.211. The Morgan fingerprint density at radius 2 is 2.17 bits per heavy atom. The second-order valence-corrected chi connectivity index (χ2v) is 5.96. The van der Waals surface area contributed by atoms with Crippen molar-refractivity contribution in [2.24, 2.45) is 12.5 Å². The average Bonchev–Trinajstić information content (AvgIpc) is 2.95. The van der Waals surface area contributed by atoms with Gasteiger partial charge in [-0.05, 0) is 31.2 Å². The first-order valence-electron chi connectivity index (χ1n) is 7.35. The summed E-state index contributed by atoms with van der Waals surface area (Å²) in [5, 5.41) is 3.71. The second kappa shape index (κ2) is 5.87. The zero-order chi connectivity index (χ0) is 13.0. The van der Waals surface area contributed by atoms with Crippen LogP contribution in [-0.2, 0) is 13.5 Å². The lowest BCUT2D eigenvalue weighted by Gasteiger charge is -2.35. The SMILES string of the molecule is CCNC(CCc1nccn1C)C1(C)CCCC1. The van der Waals surface area contributed by atoms with Crippen LogP contribution in [0.3, 0.4) is 0 Å². The molecule has 1 unspecified atom stereocenters. The molecule has 1 aromatic heterocycles. The zero-order valence-electron chi connectivity index (χ0n) is 12.1. The van der Waals surface area contributed by atoms with Crippen LogP contribution in [0.15, 0.2) is 12.4 Å². The van der Waals surface area contributed by atoms with Gasteiger partial charge < -0.3 is 9.88 Å². The Labute approximate surface area is 111 Å². The molecule has 0 saturated heterocycles. The van der Waals surface area contributed by atoms with E-state index >= 15 is 0 Å². The zero-order valence-corrected chi connectivity index (χ0v) is 12.1. The number of hydrogen-bond donors (Lipinski definition) is 1. The van der Waals surface area contributed by atoms with Crippen molar-refractivity contribution in [1.29, 1.82) is 0 Å². The van der Waals surface area contributed by atoms with Crippen LogP contribution in [0.2, 0.25) is 0 Å². The summed E-state index contributed by atoms with van der Waals surface area (Å²) in [5.41, 5.74) is 0.501. The monoisotopic (exact) mass is 249 g/mol. The van der Waals surface area contributed by atoms with Gasteiger partial charge in [-0.15, -0.1) is 0 Å². The van der Waals surface area contributed by atoms with E-state index in [9.17, 15) is 0 Å². The molecule has 0 amide bonds. The molecule has 0 aromatic carbocycles. The van der Waals surface area contributed by atoms with Crippen LogP contribution in [-0.4, -0.2) is 22.1 Å². The van der Waals surface area contributed by atoms with Crippen LogP contribution in [0, 0.1) is 5.41 Å². The fourth-order valence-electron chi connectivity index (χ4n) is 3.39. The maximum absolute atomic E-state index is 4.43. The van der Waals surface area contributed by atoms with Gasteiger partial charge in [0, 0.05) is 31.9 Å². The van der Waals surface area contributed by atoms with Crippen molar-refractivity contribution in [2.75, 3.05) is 6.54 Å². The molecule has 1 saturated carbocycles. The standard InChI is InChI=1S/C15H27N3/c1-4-16-13(15(2)9-5-6-10-15)7-8-14-17-11-12-18(14)3/h11-13,16H,4-10H2,1-3H3. The molecule has 0 aliphatic heterocycles. The third-order valence-electron chi connectivity index (χ3n) is 4.62. The van der Waals surface area contributed by atoms with Gasteiger partial charge in [0.15, 0.2) is 0 Å². The molecule has 3 nitrogen and oxygen atoms in total. The Morgan fingerprint density at radius 1 is 1.44 bits per heavy atom. The predicted molar refractivity (Wildman–Crippen MR) is 75.6 cm³/mol. The molecular formula is C15H27N3. The molecule has 1 fully saturated rings. The quantitative estimate of drug-likeness (QED) is 0.840. The summed E-state index contributed by atoms with van der Waals surface area (Å²) in [7, 11) is 2.09. The lowest BCUT2D eigenvalue weighted by atomic mass is 9.78. The van der Waals surface area contributed by atoms with Crippen LogP contribution in [0.1, 0.15) is 51.8 Å². The van der Waals surface area contributed by atoms with Crippen molar-refractivity contribution < 1.29 is 0 Å². The molecule has 1 heterocycles. The second-order valence-electron chi connectivity index (χ2n) is 5.96. The number of rotatable bonds is 6. The smallest absolute Gasteiger partial charge is 0.108 e. The number of aromatic nitrogens is 2. The molecule has 1 N–H and O–H groups in total. The molecule has 2 rings (SSSR count). The summed E-state index contributed by atoms with van der Waals surface area (Å²) in [5.74, 6) is 1.21. The lowest BCUT2D eigenvalue weighted by Crippen LogP contribution is -2.42. The highest BCUT2D eigenvalue weighted by atomic mass is 15.0. The van der Waals surface area contributed by atoms with Gasteiger partial charge in [-0.25, -0.2) is 4.98 Å². The van der Waals surface area contributed by atoms with E-state index in [4.69, 9.17) is 0 Å². The van der Waals surface area contributed by atoms with Crippen LogP contribution in [0.5, 0.6) is 0 Å². The van der Waals surface area contributed by atoms with Crippen molar-refractivity contribution in [3.05, 3.63) is 18.2 Å². The number of nitrogens with zero attached hydrogens (tertiary/aromatic N) is 2. The molecule has 1 aromatic rings. The molecule has 1 aliphatic carbocycles. The summed E-state index contributed by atoms with van der Waals surface area (Å²) < 4.78 is 2.14. The molecule has 1 aliphatic rings. The van der Waals surface area contributed by atoms with Gasteiger partial charge in [0.1, 0.15) is 5.82 Å². The van der Waals surface area contributed by atoms with Crippen LogP contribution in [0.25, 0.3) is 0 Å². The third-order valence-corrected chi connectivity index (χ3v) is 4.62. The summed E-state index contributed by atoms with van der Waals surface area (Å²) in [6, 6.07) is 0.640. The molecule has 0 bridgehead atoms. The first kappa shape index (κ1) is 13.6. The molecule has 102 valence electrons. The van der Waals surface area contributed by atoms with Crippen molar-refractivity contribution >= 4 is 0 Å². The molecule has 1 atom stereocenters. The molecule has 18 heavy (non-hydrogen) atoms. The molecular weight excluding hydrogens is 222 g/mol. The van der Waals surface area contributed by atoms with Crippen molar-refractivity contribution in [3.63, 3.8) is 0 Å². The van der Waals surface area contributed by atoms with Crippen molar-refractivity contribution in [3.8, 4) is 0 Å². The minimum absolute atomic E-state index is 0.501.